The summed E-state index contributed by atoms with van der Waals surface area (Å²) < 4.78 is 6.64. The highest BCUT2D eigenvalue weighted by Crippen LogP contribution is 2.22. The molecule has 128 valence electrons. The number of para-hydroxylation sites is 1. The molecule has 7 heteroatoms. The highest BCUT2D eigenvalue weighted by atomic mass is 16.5. The van der Waals surface area contributed by atoms with Crippen molar-refractivity contribution in [2.45, 2.75) is 25.8 Å². The van der Waals surface area contributed by atoms with Gasteiger partial charge in [-0.05, 0) is 31.9 Å². The van der Waals surface area contributed by atoms with Gasteiger partial charge in [0.15, 0.2) is 5.69 Å². The molecule has 0 N–H and O–H groups in total. The van der Waals surface area contributed by atoms with Gasteiger partial charge in [0.2, 0.25) is 0 Å². The van der Waals surface area contributed by atoms with E-state index in [1.54, 1.807) is 34.9 Å². The Hall–Kier alpha value is -2.96. The normalized spacial score (nSPS) is 17.8. The highest BCUT2D eigenvalue weighted by molar-refractivity contribution is 5.92. The van der Waals surface area contributed by atoms with Crippen molar-refractivity contribution in [3.8, 4) is 0 Å². The maximum Gasteiger partial charge on any atom is 0.276 e. The van der Waals surface area contributed by atoms with Gasteiger partial charge in [0.05, 0.1) is 23.3 Å². The number of aromatic nitrogens is 3. The average molecular weight is 338 g/mol. The molecule has 4 rings (SSSR count). The number of carbonyl (C=O) groups is 1. The molecule has 0 saturated carbocycles. The van der Waals surface area contributed by atoms with Crippen molar-refractivity contribution in [1.82, 2.24) is 19.6 Å². The number of hydrogen-bond donors (Lipinski definition) is 0. The van der Waals surface area contributed by atoms with Crippen LogP contribution >= 0.6 is 0 Å². The van der Waals surface area contributed by atoms with E-state index in [0.717, 1.165) is 12.8 Å². The molecule has 1 atom stereocenters. The molecule has 0 radical (unpaired) electrons. The number of benzene rings is 1. The van der Waals surface area contributed by atoms with Crippen molar-refractivity contribution >= 4 is 16.8 Å². The number of piperidine rings is 1. The number of fused-ring (bicyclic) bond motifs is 1. The van der Waals surface area contributed by atoms with E-state index in [0.29, 0.717) is 35.4 Å². The van der Waals surface area contributed by atoms with Gasteiger partial charge in [-0.2, -0.15) is 0 Å². The van der Waals surface area contributed by atoms with Gasteiger partial charge in [-0.25, -0.2) is 4.98 Å². The van der Waals surface area contributed by atoms with Crippen LogP contribution in [0.2, 0.25) is 0 Å². The van der Waals surface area contributed by atoms with Crippen molar-refractivity contribution < 1.29 is 9.32 Å². The van der Waals surface area contributed by atoms with E-state index >= 15 is 0 Å². The van der Waals surface area contributed by atoms with E-state index in [4.69, 9.17) is 4.52 Å². The van der Waals surface area contributed by atoms with Crippen LogP contribution in [0.4, 0.5) is 0 Å². The molecular weight excluding hydrogens is 320 g/mol. The van der Waals surface area contributed by atoms with E-state index in [9.17, 15) is 9.59 Å². The second-order valence-corrected chi connectivity index (χ2v) is 6.34. The maximum absolute atomic E-state index is 12.8. The molecule has 0 spiro atoms. The third-order valence-electron chi connectivity index (χ3n) is 4.61. The van der Waals surface area contributed by atoms with Crippen LogP contribution in [0, 0.1) is 6.92 Å². The predicted octanol–water partition coefficient (Wildman–Crippen LogP) is 2.17. The minimum atomic E-state index is -0.164. The van der Waals surface area contributed by atoms with E-state index in [1.807, 2.05) is 18.2 Å². The zero-order valence-corrected chi connectivity index (χ0v) is 13.9. The quantitative estimate of drug-likeness (QED) is 0.715. The molecule has 7 nitrogen and oxygen atoms in total. The SMILES string of the molecule is Cc1cc(C(=O)N2CCCC(n3cnc4ccccc4c3=O)C2)no1. The van der Waals surface area contributed by atoms with Gasteiger partial charge in [-0.1, -0.05) is 17.3 Å². The molecule has 3 aromatic rings. The van der Waals surface area contributed by atoms with Gasteiger partial charge in [-0.3, -0.25) is 14.2 Å². The Labute approximate surface area is 143 Å². The summed E-state index contributed by atoms with van der Waals surface area (Å²) in [6, 6.07) is 8.85. The van der Waals surface area contributed by atoms with E-state index in [1.165, 1.54) is 0 Å². The Morgan fingerprint density at radius 3 is 2.96 bits per heavy atom. The van der Waals surface area contributed by atoms with E-state index in [-0.39, 0.29) is 17.5 Å². The number of likely N-dealkylation sites (tertiary alicyclic amines) is 1. The third kappa shape index (κ3) is 2.82. The number of nitrogens with zero attached hydrogens (tertiary/aromatic N) is 4. The Bertz CT molecular complexity index is 991. The summed E-state index contributed by atoms with van der Waals surface area (Å²) in [6.45, 7) is 2.87. The summed E-state index contributed by atoms with van der Waals surface area (Å²) in [7, 11) is 0. The number of hydrogen-bond acceptors (Lipinski definition) is 5. The minimum Gasteiger partial charge on any atom is -0.361 e. The fourth-order valence-electron chi connectivity index (χ4n) is 3.34. The van der Waals surface area contributed by atoms with Crippen LogP contribution in [-0.4, -0.2) is 38.6 Å². The lowest BCUT2D eigenvalue weighted by Gasteiger charge is -2.33. The molecule has 1 aromatic carbocycles. The molecule has 1 fully saturated rings. The van der Waals surface area contributed by atoms with Crippen LogP contribution in [0.25, 0.3) is 10.9 Å². The first kappa shape index (κ1) is 15.6. The summed E-state index contributed by atoms with van der Waals surface area (Å²) in [6.07, 6.45) is 3.25. The first-order valence-corrected chi connectivity index (χ1v) is 8.32. The predicted molar refractivity (Wildman–Crippen MR) is 91.4 cm³/mol. The molecule has 1 amide bonds. The molecule has 1 unspecified atom stereocenters. The number of carbonyl (C=O) groups excluding carboxylic acids is 1. The van der Waals surface area contributed by atoms with Crippen molar-refractivity contribution in [2.24, 2.45) is 0 Å². The topological polar surface area (TPSA) is 81.2 Å². The average Bonchev–Trinajstić information content (AvgIpc) is 3.08. The Morgan fingerprint density at radius 1 is 1.32 bits per heavy atom. The van der Waals surface area contributed by atoms with Crippen LogP contribution in [0.5, 0.6) is 0 Å². The molecule has 25 heavy (non-hydrogen) atoms. The van der Waals surface area contributed by atoms with Crippen molar-refractivity contribution in [3.05, 3.63) is 58.5 Å². The molecule has 1 aliphatic rings. The number of aryl methyl sites for hydroxylation is 1. The summed E-state index contributed by atoms with van der Waals surface area (Å²) >= 11 is 0. The van der Waals surface area contributed by atoms with Crippen LogP contribution in [0.15, 0.2) is 46.0 Å². The third-order valence-corrected chi connectivity index (χ3v) is 4.61. The first-order chi connectivity index (χ1) is 12.1. The highest BCUT2D eigenvalue weighted by Gasteiger charge is 2.28. The van der Waals surface area contributed by atoms with Crippen LogP contribution in [-0.2, 0) is 0 Å². The van der Waals surface area contributed by atoms with Gasteiger partial charge in [0.25, 0.3) is 11.5 Å². The lowest BCUT2D eigenvalue weighted by atomic mass is 10.0. The second-order valence-electron chi connectivity index (χ2n) is 6.34. The molecule has 0 aliphatic carbocycles. The van der Waals surface area contributed by atoms with E-state index < -0.39 is 0 Å². The Morgan fingerprint density at radius 2 is 2.16 bits per heavy atom. The molecule has 3 heterocycles. The first-order valence-electron chi connectivity index (χ1n) is 8.32. The zero-order chi connectivity index (χ0) is 17.4. The van der Waals surface area contributed by atoms with Gasteiger partial charge >= 0.3 is 0 Å². The Balaban J connectivity index is 1.62. The van der Waals surface area contributed by atoms with Gasteiger partial charge < -0.3 is 9.42 Å². The fraction of sp³-hybridized carbons (Fsp3) is 0.333. The summed E-state index contributed by atoms with van der Waals surface area (Å²) in [5.41, 5.74) is 0.926. The summed E-state index contributed by atoms with van der Waals surface area (Å²) in [4.78, 5) is 31.5. The van der Waals surface area contributed by atoms with Crippen LogP contribution in [0.1, 0.15) is 35.1 Å². The van der Waals surface area contributed by atoms with E-state index in [2.05, 4.69) is 10.1 Å². The standard InChI is InChI=1S/C18H18N4O3/c1-12-9-16(20-25-12)18(24)21-8-4-5-13(10-21)22-11-19-15-7-3-2-6-14(15)17(22)23/h2-3,6-7,9,11,13H,4-5,8,10H2,1H3. The lowest BCUT2D eigenvalue weighted by molar-refractivity contribution is 0.0667. The lowest BCUT2D eigenvalue weighted by Crippen LogP contribution is -2.43. The van der Waals surface area contributed by atoms with Crippen molar-refractivity contribution in [3.63, 3.8) is 0 Å². The van der Waals surface area contributed by atoms with Gasteiger partial charge in [-0.15, -0.1) is 0 Å². The minimum absolute atomic E-state index is 0.0674. The molecule has 2 aromatic heterocycles. The van der Waals surface area contributed by atoms with Crippen molar-refractivity contribution in [1.29, 1.82) is 0 Å². The molecular formula is C18H18N4O3. The molecule has 1 saturated heterocycles. The summed E-state index contributed by atoms with van der Waals surface area (Å²) in [5, 5.41) is 4.40. The monoisotopic (exact) mass is 338 g/mol. The number of rotatable bonds is 2. The largest absolute Gasteiger partial charge is 0.361 e. The fourth-order valence-corrected chi connectivity index (χ4v) is 3.34. The smallest absolute Gasteiger partial charge is 0.276 e. The zero-order valence-electron chi connectivity index (χ0n) is 13.9. The van der Waals surface area contributed by atoms with Crippen molar-refractivity contribution in [2.75, 3.05) is 13.1 Å². The molecule has 0 bridgehead atoms. The Kier molecular flexibility index (Phi) is 3.83. The molecule has 1 aliphatic heterocycles. The number of amides is 1. The maximum atomic E-state index is 12.8. The van der Waals surface area contributed by atoms with Crippen LogP contribution in [0.3, 0.4) is 0 Å². The van der Waals surface area contributed by atoms with Crippen LogP contribution < -0.4 is 5.56 Å². The summed E-state index contributed by atoms with van der Waals surface area (Å²) in [5.74, 6) is 0.440. The van der Waals surface area contributed by atoms with Gasteiger partial charge in [0, 0.05) is 19.2 Å². The van der Waals surface area contributed by atoms with Gasteiger partial charge in [0.1, 0.15) is 5.76 Å². The second kappa shape index (κ2) is 6.16.